The Morgan fingerprint density at radius 2 is 2.09 bits per heavy atom. The number of carbonyl (C=O) groups excluding carboxylic acids is 1. The quantitative estimate of drug-likeness (QED) is 0.880. The number of alkyl halides is 3. The van der Waals surface area contributed by atoms with Gasteiger partial charge in [-0.25, -0.2) is 4.79 Å². The molecule has 0 bridgehead atoms. The maximum absolute atomic E-state index is 12.8. The Labute approximate surface area is 134 Å². The van der Waals surface area contributed by atoms with Crippen molar-refractivity contribution < 1.29 is 22.5 Å². The summed E-state index contributed by atoms with van der Waals surface area (Å²) in [6, 6.07) is 1.75. The van der Waals surface area contributed by atoms with Crippen LogP contribution in [0.3, 0.4) is 0 Å². The zero-order chi connectivity index (χ0) is 17.2. The highest BCUT2D eigenvalue weighted by Gasteiger charge is 2.33. The fourth-order valence-corrected chi connectivity index (χ4v) is 1.96. The van der Waals surface area contributed by atoms with Crippen LogP contribution < -0.4 is 10.6 Å². The van der Waals surface area contributed by atoms with Crippen molar-refractivity contribution in [3.05, 3.63) is 40.5 Å². The molecule has 0 radical (unpaired) electrons. The molecule has 0 saturated heterocycles. The van der Waals surface area contributed by atoms with E-state index in [0.29, 0.717) is 5.82 Å². The third kappa shape index (κ3) is 4.35. The SMILES string of the molecule is Cc1noc([C@H](C)NC(=O)Nc2ccc(Cl)c(C(F)(F)F)c2)n1. The average molecular weight is 349 g/mol. The lowest BCUT2D eigenvalue weighted by Gasteiger charge is -2.13. The fraction of sp³-hybridized carbons (Fsp3) is 0.308. The third-order valence-corrected chi connectivity index (χ3v) is 3.12. The summed E-state index contributed by atoms with van der Waals surface area (Å²) < 4.78 is 43.2. The van der Waals surface area contributed by atoms with Crippen LogP contribution in [-0.4, -0.2) is 16.2 Å². The minimum atomic E-state index is -4.61. The number of hydrogen-bond acceptors (Lipinski definition) is 4. The number of anilines is 1. The molecule has 124 valence electrons. The molecule has 2 amide bonds. The van der Waals surface area contributed by atoms with Crippen molar-refractivity contribution in [2.75, 3.05) is 5.32 Å². The Hall–Kier alpha value is -2.29. The Balaban J connectivity index is 2.06. The van der Waals surface area contributed by atoms with Crippen molar-refractivity contribution in [1.82, 2.24) is 15.5 Å². The van der Waals surface area contributed by atoms with Gasteiger partial charge in [0.25, 0.3) is 0 Å². The number of hydrogen-bond donors (Lipinski definition) is 2. The van der Waals surface area contributed by atoms with Gasteiger partial charge in [-0.15, -0.1) is 0 Å². The van der Waals surface area contributed by atoms with Gasteiger partial charge in [0, 0.05) is 5.69 Å². The molecule has 2 rings (SSSR count). The number of aryl methyl sites for hydroxylation is 1. The Kier molecular flexibility index (Phi) is 4.79. The lowest BCUT2D eigenvalue weighted by molar-refractivity contribution is -0.137. The summed E-state index contributed by atoms with van der Waals surface area (Å²) in [7, 11) is 0. The van der Waals surface area contributed by atoms with Crippen LogP contribution in [0.4, 0.5) is 23.7 Å². The highest BCUT2D eigenvalue weighted by atomic mass is 35.5. The average Bonchev–Trinajstić information content (AvgIpc) is 2.86. The number of nitrogens with one attached hydrogen (secondary N) is 2. The van der Waals surface area contributed by atoms with E-state index in [2.05, 4.69) is 20.8 Å². The van der Waals surface area contributed by atoms with Crippen molar-refractivity contribution in [3.8, 4) is 0 Å². The predicted molar refractivity (Wildman–Crippen MR) is 76.1 cm³/mol. The van der Waals surface area contributed by atoms with Gasteiger partial charge in [0.1, 0.15) is 6.04 Å². The number of amides is 2. The summed E-state index contributed by atoms with van der Waals surface area (Å²) in [5.74, 6) is 0.589. The molecule has 0 aliphatic rings. The molecule has 1 atom stereocenters. The number of urea groups is 1. The minimum Gasteiger partial charge on any atom is -0.337 e. The predicted octanol–water partition coefficient (Wildman–Crippen LogP) is 3.93. The highest BCUT2D eigenvalue weighted by molar-refractivity contribution is 6.31. The van der Waals surface area contributed by atoms with Gasteiger partial charge >= 0.3 is 12.2 Å². The van der Waals surface area contributed by atoms with Crippen LogP contribution in [0, 0.1) is 6.92 Å². The van der Waals surface area contributed by atoms with Gasteiger partial charge in [-0.2, -0.15) is 18.2 Å². The number of carbonyl (C=O) groups is 1. The van der Waals surface area contributed by atoms with Gasteiger partial charge in [-0.3, -0.25) is 0 Å². The molecule has 6 nitrogen and oxygen atoms in total. The lowest BCUT2D eigenvalue weighted by atomic mass is 10.2. The molecular weight excluding hydrogens is 337 g/mol. The standard InChI is InChI=1S/C13H12ClF3N4O2/c1-6(11-19-7(2)21-23-11)18-12(22)20-8-3-4-10(14)9(5-8)13(15,16)17/h3-6H,1-2H3,(H2,18,20,22)/t6-/m0/s1. The van der Waals surface area contributed by atoms with Crippen LogP contribution in [0.25, 0.3) is 0 Å². The van der Waals surface area contributed by atoms with Crippen LogP contribution in [0.5, 0.6) is 0 Å². The van der Waals surface area contributed by atoms with Crippen LogP contribution in [0.2, 0.25) is 5.02 Å². The van der Waals surface area contributed by atoms with Gasteiger partial charge < -0.3 is 15.2 Å². The Morgan fingerprint density at radius 1 is 1.39 bits per heavy atom. The molecule has 0 aliphatic heterocycles. The lowest BCUT2D eigenvalue weighted by Crippen LogP contribution is -2.31. The first kappa shape index (κ1) is 17.1. The van der Waals surface area contributed by atoms with Crippen molar-refractivity contribution in [3.63, 3.8) is 0 Å². The minimum absolute atomic E-state index is 0.0480. The van der Waals surface area contributed by atoms with Gasteiger partial charge in [-0.1, -0.05) is 16.8 Å². The summed E-state index contributed by atoms with van der Waals surface area (Å²) in [5.41, 5.74) is -1.08. The first-order valence-corrected chi connectivity index (χ1v) is 6.79. The molecule has 1 aromatic carbocycles. The number of nitrogens with zero attached hydrogens (tertiary/aromatic N) is 2. The van der Waals surface area contributed by atoms with Crippen molar-refractivity contribution >= 4 is 23.3 Å². The topological polar surface area (TPSA) is 80.0 Å². The van der Waals surface area contributed by atoms with Crippen molar-refractivity contribution in [2.45, 2.75) is 26.1 Å². The van der Waals surface area contributed by atoms with Crippen molar-refractivity contribution in [2.24, 2.45) is 0 Å². The van der Waals surface area contributed by atoms with Crippen LogP contribution in [0.15, 0.2) is 22.7 Å². The number of benzene rings is 1. The summed E-state index contributed by atoms with van der Waals surface area (Å²) in [6.07, 6.45) is -4.61. The summed E-state index contributed by atoms with van der Waals surface area (Å²) in [5, 5.41) is 7.89. The van der Waals surface area contributed by atoms with E-state index in [1.165, 1.54) is 6.07 Å². The number of rotatable bonds is 3. The van der Waals surface area contributed by atoms with Crippen LogP contribution >= 0.6 is 11.6 Å². The maximum atomic E-state index is 12.8. The monoisotopic (exact) mass is 348 g/mol. The number of halogens is 4. The first-order valence-electron chi connectivity index (χ1n) is 6.41. The molecule has 10 heteroatoms. The fourth-order valence-electron chi connectivity index (χ4n) is 1.73. The first-order chi connectivity index (χ1) is 10.7. The van der Waals surface area contributed by atoms with Crippen LogP contribution in [0.1, 0.15) is 30.2 Å². The second-order valence-corrected chi connectivity index (χ2v) is 5.10. The van der Waals surface area contributed by atoms with E-state index >= 15 is 0 Å². The Morgan fingerprint density at radius 3 is 2.65 bits per heavy atom. The van der Waals surface area contributed by atoms with Gasteiger partial charge in [0.05, 0.1) is 10.6 Å². The third-order valence-electron chi connectivity index (χ3n) is 2.79. The van der Waals surface area contributed by atoms with E-state index in [4.69, 9.17) is 16.1 Å². The zero-order valence-electron chi connectivity index (χ0n) is 12.0. The molecule has 0 saturated carbocycles. The molecule has 2 aromatic rings. The second kappa shape index (κ2) is 6.45. The van der Waals surface area contributed by atoms with Gasteiger partial charge in [0.15, 0.2) is 5.82 Å². The molecule has 0 unspecified atom stereocenters. The molecule has 0 fully saturated rings. The smallest absolute Gasteiger partial charge is 0.337 e. The van der Waals surface area contributed by atoms with Crippen molar-refractivity contribution in [1.29, 1.82) is 0 Å². The summed E-state index contributed by atoms with van der Waals surface area (Å²) in [6.45, 7) is 3.21. The molecule has 0 aliphatic carbocycles. The summed E-state index contributed by atoms with van der Waals surface area (Å²) >= 11 is 5.51. The molecule has 23 heavy (non-hydrogen) atoms. The van der Waals surface area contributed by atoms with E-state index in [9.17, 15) is 18.0 Å². The molecule has 1 aromatic heterocycles. The van der Waals surface area contributed by atoms with E-state index in [-0.39, 0.29) is 11.6 Å². The largest absolute Gasteiger partial charge is 0.417 e. The van der Waals surface area contributed by atoms with E-state index in [0.717, 1.165) is 12.1 Å². The Bertz CT molecular complexity index is 717. The van der Waals surface area contributed by atoms with E-state index < -0.39 is 28.8 Å². The molecular formula is C13H12ClF3N4O2. The van der Waals surface area contributed by atoms with Gasteiger partial charge in [0.2, 0.25) is 5.89 Å². The highest BCUT2D eigenvalue weighted by Crippen LogP contribution is 2.36. The molecule has 0 spiro atoms. The van der Waals surface area contributed by atoms with Gasteiger partial charge in [-0.05, 0) is 32.0 Å². The van der Waals surface area contributed by atoms with Crippen LogP contribution in [-0.2, 0) is 6.18 Å². The molecule has 1 heterocycles. The second-order valence-electron chi connectivity index (χ2n) is 4.69. The van der Waals surface area contributed by atoms with E-state index in [1.54, 1.807) is 13.8 Å². The normalized spacial score (nSPS) is 12.8. The van der Waals surface area contributed by atoms with E-state index in [1.807, 2.05) is 0 Å². The summed E-state index contributed by atoms with van der Waals surface area (Å²) in [4.78, 5) is 15.8. The zero-order valence-corrected chi connectivity index (χ0v) is 12.8. The maximum Gasteiger partial charge on any atom is 0.417 e. The number of aromatic nitrogens is 2. The molecule has 2 N–H and O–H groups in total.